The predicted octanol–water partition coefficient (Wildman–Crippen LogP) is 3.48. The van der Waals surface area contributed by atoms with Crippen LogP contribution in [0.4, 0.5) is 0 Å². The van der Waals surface area contributed by atoms with Gasteiger partial charge in [-0.1, -0.05) is 28.1 Å². The van der Waals surface area contributed by atoms with Gasteiger partial charge in [0, 0.05) is 16.2 Å². The summed E-state index contributed by atoms with van der Waals surface area (Å²) in [5, 5.41) is 9.68. The summed E-state index contributed by atoms with van der Waals surface area (Å²) in [6.45, 7) is 2.11. The Labute approximate surface area is 115 Å². The molecule has 1 aromatic heterocycles. The molecule has 18 heavy (non-hydrogen) atoms. The van der Waals surface area contributed by atoms with Crippen LogP contribution in [-0.2, 0) is 6.61 Å². The van der Waals surface area contributed by atoms with Crippen molar-refractivity contribution in [3.63, 3.8) is 0 Å². The molecule has 2 aromatic rings. The van der Waals surface area contributed by atoms with Crippen LogP contribution in [-0.4, -0.2) is 10.1 Å². The maximum atomic E-state index is 9.68. The third kappa shape index (κ3) is 3.31. The zero-order valence-electron chi connectivity index (χ0n) is 10.0. The van der Waals surface area contributed by atoms with Gasteiger partial charge in [-0.2, -0.15) is 0 Å². The summed E-state index contributed by atoms with van der Waals surface area (Å²) in [4.78, 5) is 4.19. The highest BCUT2D eigenvalue weighted by Crippen LogP contribution is 2.29. The van der Waals surface area contributed by atoms with Crippen molar-refractivity contribution in [3.8, 4) is 5.75 Å². The summed E-state index contributed by atoms with van der Waals surface area (Å²) in [5.41, 5.74) is 1.63. The van der Waals surface area contributed by atoms with Gasteiger partial charge in [0.15, 0.2) is 0 Å². The summed E-state index contributed by atoms with van der Waals surface area (Å²) in [5.74, 6) is 0.671. The summed E-state index contributed by atoms with van der Waals surface area (Å²) >= 11 is 3.39. The van der Waals surface area contributed by atoms with Gasteiger partial charge in [-0.05, 0) is 31.2 Å². The highest BCUT2D eigenvalue weighted by molar-refractivity contribution is 9.10. The van der Waals surface area contributed by atoms with Gasteiger partial charge in [0.05, 0.1) is 11.8 Å². The molecule has 0 radical (unpaired) electrons. The number of aromatic nitrogens is 1. The van der Waals surface area contributed by atoms with Crippen LogP contribution in [0, 0.1) is 0 Å². The van der Waals surface area contributed by atoms with Gasteiger partial charge in [-0.3, -0.25) is 4.98 Å². The molecule has 1 atom stereocenters. The number of halogens is 1. The zero-order chi connectivity index (χ0) is 13.0. The Balaban J connectivity index is 2.15. The molecule has 1 aromatic carbocycles. The maximum Gasteiger partial charge on any atom is 0.130 e. The Morgan fingerprint density at radius 2 is 2.17 bits per heavy atom. The second-order valence-electron chi connectivity index (χ2n) is 3.97. The fourth-order valence-electron chi connectivity index (χ4n) is 1.61. The molecule has 0 fully saturated rings. The first-order valence-electron chi connectivity index (χ1n) is 5.67. The number of rotatable bonds is 4. The first-order valence-corrected chi connectivity index (χ1v) is 6.46. The fourth-order valence-corrected chi connectivity index (χ4v) is 1.95. The van der Waals surface area contributed by atoms with E-state index < -0.39 is 6.10 Å². The van der Waals surface area contributed by atoms with Crippen molar-refractivity contribution in [2.75, 3.05) is 0 Å². The first-order chi connectivity index (χ1) is 8.66. The number of hydrogen-bond acceptors (Lipinski definition) is 3. The normalized spacial score (nSPS) is 12.2. The quantitative estimate of drug-likeness (QED) is 0.940. The van der Waals surface area contributed by atoms with Crippen LogP contribution in [0.2, 0.25) is 0 Å². The lowest BCUT2D eigenvalue weighted by Crippen LogP contribution is -2.02. The molecule has 0 aliphatic carbocycles. The van der Waals surface area contributed by atoms with Crippen molar-refractivity contribution in [1.82, 2.24) is 4.98 Å². The Kier molecular flexibility index (Phi) is 4.33. The highest BCUT2D eigenvalue weighted by atomic mass is 79.9. The van der Waals surface area contributed by atoms with E-state index in [-0.39, 0.29) is 0 Å². The second-order valence-corrected chi connectivity index (χ2v) is 4.88. The van der Waals surface area contributed by atoms with Crippen LogP contribution in [0.5, 0.6) is 5.75 Å². The van der Waals surface area contributed by atoms with Crippen LogP contribution in [0.25, 0.3) is 0 Å². The van der Waals surface area contributed by atoms with Gasteiger partial charge < -0.3 is 9.84 Å². The summed E-state index contributed by atoms with van der Waals surface area (Å²) in [7, 11) is 0. The molecular formula is C14H14BrNO2. The molecule has 0 saturated heterocycles. The van der Waals surface area contributed by atoms with Crippen LogP contribution >= 0.6 is 15.9 Å². The van der Waals surface area contributed by atoms with Crippen molar-refractivity contribution in [2.24, 2.45) is 0 Å². The molecule has 0 aliphatic rings. The van der Waals surface area contributed by atoms with Gasteiger partial charge in [0.25, 0.3) is 0 Å². The number of benzene rings is 1. The molecular weight excluding hydrogens is 294 g/mol. The SMILES string of the molecule is C[C@H](O)c1ccc(Br)cc1OCc1ccccn1. The number of pyridine rings is 1. The molecule has 0 unspecified atom stereocenters. The minimum Gasteiger partial charge on any atom is -0.487 e. The first kappa shape index (κ1) is 13.1. The Morgan fingerprint density at radius 1 is 1.33 bits per heavy atom. The van der Waals surface area contributed by atoms with Gasteiger partial charge >= 0.3 is 0 Å². The summed E-state index contributed by atoms with van der Waals surface area (Å²) < 4.78 is 6.63. The highest BCUT2D eigenvalue weighted by Gasteiger charge is 2.10. The zero-order valence-corrected chi connectivity index (χ0v) is 11.6. The molecule has 2 rings (SSSR count). The van der Waals surface area contributed by atoms with Crippen molar-refractivity contribution in [2.45, 2.75) is 19.6 Å². The summed E-state index contributed by atoms with van der Waals surface area (Å²) in [6, 6.07) is 11.3. The number of nitrogens with zero attached hydrogens (tertiary/aromatic N) is 1. The lowest BCUT2D eigenvalue weighted by atomic mass is 10.1. The Hall–Kier alpha value is -1.39. The average molecular weight is 308 g/mol. The Morgan fingerprint density at radius 3 is 2.83 bits per heavy atom. The predicted molar refractivity (Wildman–Crippen MR) is 73.3 cm³/mol. The number of hydrogen-bond donors (Lipinski definition) is 1. The van der Waals surface area contributed by atoms with Gasteiger partial charge in [-0.25, -0.2) is 0 Å². The van der Waals surface area contributed by atoms with Crippen molar-refractivity contribution in [3.05, 3.63) is 58.3 Å². The van der Waals surface area contributed by atoms with E-state index >= 15 is 0 Å². The van der Waals surface area contributed by atoms with Gasteiger partial charge in [-0.15, -0.1) is 0 Å². The van der Waals surface area contributed by atoms with Gasteiger partial charge in [0.2, 0.25) is 0 Å². The maximum absolute atomic E-state index is 9.68. The fraction of sp³-hybridized carbons (Fsp3) is 0.214. The van der Waals surface area contributed by atoms with E-state index in [1.165, 1.54) is 0 Å². The van der Waals surface area contributed by atoms with E-state index in [1.807, 2.05) is 36.4 Å². The van der Waals surface area contributed by atoms with Crippen molar-refractivity contribution < 1.29 is 9.84 Å². The second kappa shape index (κ2) is 5.98. The molecule has 0 spiro atoms. The molecule has 0 amide bonds. The lowest BCUT2D eigenvalue weighted by Gasteiger charge is -2.13. The summed E-state index contributed by atoms with van der Waals surface area (Å²) in [6.07, 6.45) is 1.17. The van der Waals surface area contributed by atoms with E-state index in [9.17, 15) is 5.11 Å². The minimum absolute atomic E-state index is 0.386. The number of aliphatic hydroxyl groups excluding tert-OH is 1. The largest absolute Gasteiger partial charge is 0.487 e. The molecule has 4 heteroatoms. The van der Waals surface area contributed by atoms with E-state index in [1.54, 1.807) is 13.1 Å². The number of ether oxygens (including phenoxy) is 1. The topological polar surface area (TPSA) is 42.4 Å². The standard InChI is InChI=1S/C14H14BrNO2/c1-10(17)13-6-5-11(15)8-14(13)18-9-12-4-2-3-7-16-12/h2-8,10,17H,9H2,1H3/t10-/m0/s1. The smallest absolute Gasteiger partial charge is 0.130 e. The van der Waals surface area contributed by atoms with E-state index in [0.29, 0.717) is 12.4 Å². The lowest BCUT2D eigenvalue weighted by molar-refractivity contribution is 0.190. The van der Waals surface area contributed by atoms with E-state index in [4.69, 9.17) is 4.74 Å². The molecule has 0 saturated carbocycles. The van der Waals surface area contributed by atoms with E-state index in [2.05, 4.69) is 20.9 Å². The monoisotopic (exact) mass is 307 g/mol. The molecule has 0 bridgehead atoms. The van der Waals surface area contributed by atoms with Crippen molar-refractivity contribution >= 4 is 15.9 Å². The third-order valence-corrected chi connectivity index (χ3v) is 3.02. The average Bonchev–Trinajstić information content (AvgIpc) is 2.37. The van der Waals surface area contributed by atoms with Crippen LogP contribution in [0.15, 0.2) is 47.1 Å². The number of aliphatic hydroxyl groups is 1. The Bertz CT molecular complexity index is 514. The van der Waals surface area contributed by atoms with Crippen LogP contribution in [0.1, 0.15) is 24.3 Å². The molecule has 1 N–H and O–H groups in total. The van der Waals surface area contributed by atoms with Gasteiger partial charge in [0.1, 0.15) is 12.4 Å². The molecule has 3 nitrogen and oxygen atoms in total. The van der Waals surface area contributed by atoms with E-state index in [0.717, 1.165) is 15.7 Å². The third-order valence-electron chi connectivity index (χ3n) is 2.53. The van der Waals surface area contributed by atoms with Crippen LogP contribution in [0.3, 0.4) is 0 Å². The van der Waals surface area contributed by atoms with Crippen molar-refractivity contribution in [1.29, 1.82) is 0 Å². The molecule has 1 heterocycles. The molecule has 0 aliphatic heterocycles. The minimum atomic E-state index is -0.558. The van der Waals surface area contributed by atoms with Crippen LogP contribution < -0.4 is 4.74 Å². The molecule has 94 valence electrons.